The molecule has 0 aliphatic carbocycles. The lowest BCUT2D eigenvalue weighted by molar-refractivity contribution is -0.138. The van der Waals surface area contributed by atoms with E-state index in [1.807, 2.05) is 6.92 Å². The molecule has 0 radical (unpaired) electrons. The first-order valence-electron chi connectivity index (χ1n) is 6.02. The van der Waals surface area contributed by atoms with Gasteiger partial charge < -0.3 is 4.74 Å². The van der Waals surface area contributed by atoms with Crippen molar-refractivity contribution in [2.75, 3.05) is 0 Å². The van der Waals surface area contributed by atoms with Gasteiger partial charge in [0.15, 0.2) is 0 Å². The standard InChI is InChI=1S/C15H13F3O2/c1-9(2)7-12-8-13(14(19)20-12)10-3-5-11(6-4-10)15(16,17)18/h3-6,8,12H,1,7H2,2H3/t12-/m1/s1. The SMILES string of the molecule is C=C(C)C[C@@H]1C=C(c2ccc(C(F)(F)F)cc2)C(=O)O1. The fourth-order valence-electron chi connectivity index (χ4n) is 1.99. The minimum atomic E-state index is -4.38. The first-order valence-corrected chi connectivity index (χ1v) is 6.02. The first kappa shape index (κ1) is 14.4. The Bertz CT molecular complexity index is 568. The van der Waals surface area contributed by atoms with E-state index in [4.69, 9.17) is 4.74 Å². The summed E-state index contributed by atoms with van der Waals surface area (Å²) in [5.74, 6) is -0.518. The molecule has 2 rings (SSSR count). The number of carbonyl (C=O) groups is 1. The molecule has 0 spiro atoms. The van der Waals surface area contributed by atoms with Crippen LogP contribution in [0.5, 0.6) is 0 Å². The topological polar surface area (TPSA) is 26.3 Å². The Labute approximate surface area is 114 Å². The van der Waals surface area contributed by atoms with Gasteiger partial charge in [-0.15, -0.1) is 0 Å². The van der Waals surface area contributed by atoms with E-state index in [0.717, 1.165) is 17.7 Å². The second-order valence-electron chi connectivity index (χ2n) is 4.76. The van der Waals surface area contributed by atoms with Gasteiger partial charge in [-0.25, -0.2) is 4.79 Å². The molecular weight excluding hydrogens is 269 g/mol. The van der Waals surface area contributed by atoms with Crippen LogP contribution < -0.4 is 0 Å². The van der Waals surface area contributed by atoms with E-state index < -0.39 is 23.8 Å². The highest BCUT2D eigenvalue weighted by Gasteiger charge is 2.31. The summed E-state index contributed by atoms with van der Waals surface area (Å²) in [7, 11) is 0. The van der Waals surface area contributed by atoms with Crippen LogP contribution in [0, 0.1) is 0 Å². The van der Waals surface area contributed by atoms with Crippen LogP contribution in [0.1, 0.15) is 24.5 Å². The van der Waals surface area contributed by atoms with Crippen molar-refractivity contribution in [3.05, 3.63) is 53.6 Å². The summed E-state index contributed by atoms with van der Waals surface area (Å²) >= 11 is 0. The van der Waals surface area contributed by atoms with Gasteiger partial charge in [-0.1, -0.05) is 24.3 Å². The van der Waals surface area contributed by atoms with Gasteiger partial charge in [-0.2, -0.15) is 13.2 Å². The summed E-state index contributed by atoms with van der Waals surface area (Å²) in [6.45, 7) is 5.55. The largest absolute Gasteiger partial charge is 0.454 e. The predicted octanol–water partition coefficient (Wildman–Crippen LogP) is 3.98. The molecular formula is C15H13F3O2. The van der Waals surface area contributed by atoms with Crippen molar-refractivity contribution in [1.82, 2.24) is 0 Å². The maximum atomic E-state index is 12.5. The maximum Gasteiger partial charge on any atom is 0.416 e. The smallest absolute Gasteiger partial charge is 0.416 e. The van der Waals surface area contributed by atoms with Crippen LogP contribution >= 0.6 is 0 Å². The molecule has 106 valence electrons. The first-order chi connectivity index (χ1) is 9.27. The van der Waals surface area contributed by atoms with E-state index in [-0.39, 0.29) is 0 Å². The molecule has 0 bridgehead atoms. The Kier molecular flexibility index (Phi) is 3.70. The molecule has 1 atom stereocenters. The summed E-state index contributed by atoms with van der Waals surface area (Å²) in [4.78, 5) is 11.7. The molecule has 0 saturated heterocycles. The van der Waals surface area contributed by atoms with Gasteiger partial charge in [0.2, 0.25) is 0 Å². The van der Waals surface area contributed by atoms with Crippen molar-refractivity contribution in [3.8, 4) is 0 Å². The zero-order valence-corrected chi connectivity index (χ0v) is 10.8. The number of rotatable bonds is 3. The van der Waals surface area contributed by atoms with Gasteiger partial charge in [-0.05, 0) is 30.7 Å². The van der Waals surface area contributed by atoms with Gasteiger partial charge in [0.25, 0.3) is 0 Å². The van der Waals surface area contributed by atoms with Gasteiger partial charge >= 0.3 is 12.1 Å². The molecule has 2 nitrogen and oxygen atoms in total. The number of benzene rings is 1. The van der Waals surface area contributed by atoms with E-state index in [1.54, 1.807) is 6.08 Å². The number of cyclic esters (lactones) is 1. The summed E-state index contributed by atoms with van der Waals surface area (Å²) < 4.78 is 42.5. The van der Waals surface area contributed by atoms with Crippen LogP contribution in [-0.4, -0.2) is 12.1 Å². The fourth-order valence-corrected chi connectivity index (χ4v) is 1.99. The van der Waals surface area contributed by atoms with Gasteiger partial charge in [0, 0.05) is 6.42 Å². The highest BCUT2D eigenvalue weighted by molar-refractivity contribution is 6.18. The van der Waals surface area contributed by atoms with E-state index in [1.165, 1.54) is 12.1 Å². The number of hydrogen-bond acceptors (Lipinski definition) is 2. The molecule has 5 heteroatoms. The normalized spacial score (nSPS) is 18.7. The second-order valence-corrected chi connectivity index (χ2v) is 4.76. The highest BCUT2D eigenvalue weighted by atomic mass is 19.4. The van der Waals surface area contributed by atoms with Crippen LogP contribution in [0.15, 0.2) is 42.5 Å². The van der Waals surface area contributed by atoms with Gasteiger partial charge in [0.1, 0.15) is 6.10 Å². The van der Waals surface area contributed by atoms with Crippen LogP contribution in [0.2, 0.25) is 0 Å². The number of hydrogen-bond donors (Lipinski definition) is 0. The van der Waals surface area contributed by atoms with Crippen molar-refractivity contribution in [3.63, 3.8) is 0 Å². The average Bonchev–Trinajstić information content (AvgIpc) is 2.68. The molecule has 0 amide bonds. The second kappa shape index (κ2) is 5.15. The van der Waals surface area contributed by atoms with Gasteiger partial charge in [0.05, 0.1) is 11.1 Å². The molecule has 20 heavy (non-hydrogen) atoms. The zero-order valence-electron chi connectivity index (χ0n) is 10.8. The monoisotopic (exact) mass is 282 g/mol. The third-order valence-electron chi connectivity index (χ3n) is 2.90. The van der Waals surface area contributed by atoms with E-state index in [9.17, 15) is 18.0 Å². The molecule has 1 aliphatic heterocycles. The van der Waals surface area contributed by atoms with Crippen LogP contribution in [0.4, 0.5) is 13.2 Å². The lowest BCUT2D eigenvalue weighted by Crippen LogP contribution is -2.08. The average molecular weight is 282 g/mol. The van der Waals surface area contributed by atoms with Crippen molar-refractivity contribution in [1.29, 1.82) is 0 Å². The molecule has 0 aromatic heterocycles. The van der Waals surface area contributed by atoms with Gasteiger partial charge in [-0.3, -0.25) is 0 Å². The minimum absolute atomic E-state index is 0.296. The highest BCUT2D eigenvalue weighted by Crippen LogP contribution is 2.32. The molecule has 0 N–H and O–H groups in total. The molecule has 1 heterocycles. The van der Waals surface area contributed by atoms with Crippen molar-refractivity contribution >= 4 is 11.5 Å². The van der Waals surface area contributed by atoms with Crippen molar-refractivity contribution in [2.24, 2.45) is 0 Å². The Balaban J connectivity index is 2.23. The van der Waals surface area contributed by atoms with Crippen LogP contribution in [-0.2, 0) is 15.7 Å². The van der Waals surface area contributed by atoms with E-state index >= 15 is 0 Å². The molecule has 0 unspecified atom stereocenters. The summed E-state index contributed by atoms with van der Waals surface area (Å²) in [6.07, 6.45) is -2.64. The van der Waals surface area contributed by atoms with Crippen molar-refractivity contribution in [2.45, 2.75) is 25.6 Å². The lowest BCUT2D eigenvalue weighted by atomic mass is 10.0. The molecule has 0 fully saturated rings. The number of carbonyl (C=O) groups excluding carboxylic acids is 1. The van der Waals surface area contributed by atoms with Crippen molar-refractivity contribution < 1.29 is 22.7 Å². The maximum absolute atomic E-state index is 12.5. The minimum Gasteiger partial charge on any atom is -0.454 e. The number of alkyl halides is 3. The van der Waals surface area contributed by atoms with E-state index in [2.05, 4.69) is 6.58 Å². The third-order valence-corrected chi connectivity index (χ3v) is 2.90. The fraction of sp³-hybridized carbons (Fsp3) is 0.267. The third kappa shape index (κ3) is 3.10. The summed E-state index contributed by atoms with van der Waals surface area (Å²) in [5, 5.41) is 0. The molecule has 1 aromatic rings. The predicted molar refractivity (Wildman–Crippen MR) is 68.7 cm³/mol. The molecule has 1 aromatic carbocycles. The van der Waals surface area contributed by atoms with Crippen LogP contribution in [0.25, 0.3) is 5.57 Å². The Morgan fingerprint density at radius 3 is 2.40 bits per heavy atom. The number of esters is 1. The lowest BCUT2D eigenvalue weighted by Gasteiger charge is -2.07. The number of ether oxygens (including phenoxy) is 1. The summed E-state index contributed by atoms with van der Waals surface area (Å²) in [5.41, 5.74) is 0.844. The molecule has 0 saturated carbocycles. The Hall–Kier alpha value is -2.04. The zero-order chi connectivity index (χ0) is 14.9. The molecule has 1 aliphatic rings. The summed E-state index contributed by atoms with van der Waals surface area (Å²) in [6, 6.07) is 4.46. The van der Waals surface area contributed by atoms with E-state index in [0.29, 0.717) is 17.6 Å². The van der Waals surface area contributed by atoms with Crippen LogP contribution in [0.3, 0.4) is 0 Å². The Morgan fingerprint density at radius 2 is 1.90 bits per heavy atom. The number of halogens is 3. The quantitative estimate of drug-likeness (QED) is 0.619. The Morgan fingerprint density at radius 1 is 1.30 bits per heavy atom.